The summed E-state index contributed by atoms with van der Waals surface area (Å²) in [4.78, 5) is 24.0. The number of rotatable bonds is 6. The Morgan fingerprint density at radius 1 is 1.03 bits per heavy atom. The van der Waals surface area contributed by atoms with E-state index in [9.17, 15) is 4.79 Å². The lowest BCUT2D eigenvalue weighted by Gasteiger charge is -2.29. The van der Waals surface area contributed by atoms with Crippen LogP contribution in [0.4, 0.5) is 11.8 Å². The molecule has 0 saturated heterocycles. The zero-order valence-electron chi connectivity index (χ0n) is 18.5. The second-order valence-electron chi connectivity index (χ2n) is 8.60. The molecule has 6 nitrogen and oxygen atoms in total. The van der Waals surface area contributed by atoms with Crippen molar-refractivity contribution < 1.29 is 4.79 Å². The third-order valence-electron chi connectivity index (χ3n) is 5.97. The van der Waals surface area contributed by atoms with Gasteiger partial charge in [0.05, 0.1) is 21.1 Å². The van der Waals surface area contributed by atoms with Crippen molar-refractivity contribution in [2.75, 3.05) is 30.9 Å². The van der Waals surface area contributed by atoms with E-state index in [0.29, 0.717) is 29.5 Å². The van der Waals surface area contributed by atoms with Gasteiger partial charge in [-0.05, 0) is 55.9 Å². The Hall–Kier alpha value is -2.28. The Bertz CT molecular complexity index is 1140. The van der Waals surface area contributed by atoms with E-state index in [-0.39, 0.29) is 21.5 Å². The molecule has 1 aromatic heterocycles. The molecular weight excluding hydrogens is 481 g/mol. The third kappa shape index (κ3) is 5.62. The van der Waals surface area contributed by atoms with Crippen LogP contribution in [0, 0.1) is 5.92 Å². The van der Waals surface area contributed by atoms with Gasteiger partial charge in [-0.1, -0.05) is 46.9 Å². The first-order valence-electron chi connectivity index (χ1n) is 10.9. The van der Waals surface area contributed by atoms with Gasteiger partial charge < -0.3 is 15.5 Å². The SMILES string of the molecule is CN(C)c1nc(N[C@H]2CC[C@@H](CNC(=O)c3c(Cl)cc(Cl)cc3Cl)CC2)nc2ccccc12. The molecule has 33 heavy (non-hydrogen) atoms. The number of amides is 1. The fourth-order valence-corrected chi connectivity index (χ4v) is 5.23. The number of carbonyl (C=O) groups excluding carboxylic acids is 1. The maximum atomic E-state index is 12.6. The molecule has 0 bridgehead atoms. The number of benzene rings is 2. The molecule has 174 valence electrons. The predicted molar refractivity (Wildman–Crippen MR) is 137 cm³/mol. The minimum atomic E-state index is -0.275. The van der Waals surface area contributed by atoms with Gasteiger partial charge in [-0.2, -0.15) is 4.98 Å². The van der Waals surface area contributed by atoms with Gasteiger partial charge in [-0.25, -0.2) is 4.98 Å². The smallest absolute Gasteiger partial charge is 0.254 e. The molecule has 1 aliphatic carbocycles. The zero-order valence-corrected chi connectivity index (χ0v) is 20.8. The Balaban J connectivity index is 1.33. The van der Waals surface area contributed by atoms with E-state index >= 15 is 0 Å². The topological polar surface area (TPSA) is 70.2 Å². The summed E-state index contributed by atoms with van der Waals surface area (Å²) in [6.07, 6.45) is 3.95. The van der Waals surface area contributed by atoms with Gasteiger partial charge in [-0.15, -0.1) is 0 Å². The molecule has 4 rings (SSSR count). The van der Waals surface area contributed by atoms with E-state index in [0.717, 1.165) is 42.4 Å². The van der Waals surface area contributed by atoms with Crippen LogP contribution in [0.3, 0.4) is 0 Å². The van der Waals surface area contributed by atoms with Crippen LogP contribution in [0.25, 0.3) is 10.9 Å². The number of hydrogen-bond acceptors (Lipinski definition) is 5. The molecule has 0 aliphatic heterocycles. The predicted octanol–water partition coefficient (Wildman–Crippen LogP) is 6.06. The van der Waals surface area contributed by atoms with E-state index in [1.807, 2.05) is 43.3 Å². The van der Waals surface area contributed by atoms with E-state index in [1.54, 1.807) is 0 Å². The summed E-state index contributed by atoms with van der Waals surface area (Å²) in [5.41, 5.74) is 1.19. The molecule has 1 heterocycles. The Morgan fingerprint density at radius 2 is 1.70 bits per heavy atom. The number of fused-ring (bicyclic) bond motifs is 1. The van der Waals surface area contributed by atoms with Crippen molar-refractivity contribution in [2.24, 2.45) is 5.92 Å². The highest BCUT2D eigenvalue weighted by atomic mass is 35.5. The van der Waals surface area contributed by atoms with Crippen LogP contribution < -0.4 is 15.5 Å². The number of halogens is 3. The molecule has 9 heteroatoms. The van der Waals surface area contributed by atoms with Gasteiger partial charge in [0.15, 0.2) is 0 Å². The van der Waals surface area contributed by atoms with E-state index in [4.69, 9.17) is 44.8 Å². The quantitative estimate of drug-likeness (QED) is 0.425. The second-order valence-corrected chi connectivity index (χ2v) is 9.85. The fraction of sp³-hybridized carbons (Fsp3) is 0.375. The molecule has 1 aliphatic rings. The highest BCUT2D eigenvalue weighted by molar-refractivity contribution is 6.42. The highest BCUT2D eigenvalue weighted by Crippen LogP contribution is 2.30. The molecule has 1 fully saturated rings. The van der Waals surface area contributed by atoms with Crippen molar-refractivity contribution in [3.05, 3.63) is 57.0 Å². The lowest BCUT2D eigenvalue weighted by molar-refractivity contribution is 0.0943. The van der Waals surface area contributed by atoms with Crippen LogP contribution in [0.2, 0.25) is 15.1 Å². The van der Waals surface area contributed by atoms with Crippen LogP contribution in [0.1, 0.15) is 36.0 Å². The molecule has 1 saturated carbocycles. The lowest BCUT2D eigenvalue weighted by Crippen LogP contribution is -2.34. The number of aromatic nitrogens is 2. The third-order valence-corrected chi connectivity index (χ3v) is 6.79. The van der Waals surface area contributed by atoms with Gasteiger partial charge in [0, 0.05) is 37.1 Å². The summed E-state index contributed by atoms with van der Waals surface area (Å²) in [7, 11) is 3.98. The molecule has 0 radical (unpaired) electrons. The van der Waals surface area contributed by atoms with Crippen molar-refractivity contribution in [3.8, 4) is 0 Å². The first-order chi connectivity index (χ1) is 15.8. The maximum Gasteiger partial charge on any atom is 0.254 e. The highest BCUT2D eigenvalue weighted by Gasteiger charge is 2.24. The van der Waals surface area contributed by atoms with E-state index in [1.165, 1.54) is 12.1 Å². The zero-order chi connectivity index (χ0) is 23.5. The summed E-state index contributed by atoms with van der Waals surface area (Å²) in [5.74, 6) is 1.68. The molecule has 2 N–H and O–H groups in total. The lowest BCUT2D eigenvalue weighted by atomic mass is 9.86. The van der Waals surface area contributed by atoms with Crippen LogP contribution in [0.5, 0.6) is 0 Å². The largest absolute Gasteiger partial charge is 0.362 e. The minimum Gasteiger partial charge on any atom is -0.362 e. The number of nitrogens with one attached hydrogen (secondary N) is 2. The minimum absolute atomic E-state index is 0.255. The van der Waals surface area contributed by atoms with Crippen LogP contribution in [-0.4, -0.2) is 42.6 Å². The monoisotopic (exact) mass is 505 g/mol. The standard InChI is InChI=1S/C24H26Cl3N5O/c1-32(2)22-17-5-3-4-6-20(17)30-24(31-22)29-16-9-7-14(8-10-16)13-28-23(33)21-18(26)11-15(25)12-19(21)27/h3-6,11-12,14,16H,7-10,13H2,1-2H3,(H,28,33)(H,29,30,31)/t14-,16+. The van der Waals surface area contributed by atoms with Gasteiger partial charge >= 0.3 is 0 Å². The van der Waals surface area contributed by atoms with Crippen molar-refractivity contribution in [1.82, 2.24) is 15.3 Å². The molecule has 3 aromatic rings. The number of carbonyl (C=O) groups is 1. The number of hydrogen-bond donors (Lipinski definition) is 2. The fourth-order valence-electron chi connectivity index (χ4n) is 4.24. The van der Waals surface area contributed by atoms with Crippen LogP contribution in [-0.2, 0) is 0 Å². The van der Waals surface area contributed by atoms with E-state index in [2.05, 4.69) is 10.6 Å². The van der Waals surface area contributed by atoms with Gasteiger partial charge in [-0.3, -0.25) is 4.79 Å². The molecule has 1 amide bonds. The van der Waals surface area contributed by atoms with Crippen molar-refractivity contribution in [3.63, 3.8) is 0 Å². The van der Waals surface area contributed by atoms with Gasteiger partial charge in [0.2, 0.25) is 5.95 Å². The molecule has 0 atom stereocenters. The van der Waals surface area contributed by atoms with E-state index < -0.39 is 0 Å². The average molecular weight is 507 g/mol. The summed E-state index contributed by atoms with van der Waals surface area (Å²) in [5, 5.41) is 8.44. The summed E-state index contributed by atoms with van der Waals surface area (Å²) in [6.45, 7) is 0.581. The summed E-state index contributed by atoms with van der Waals surface area (Å²) in [6, 6.07) is 11.4. The number of nitrogens with zero attached hydrogens (tertiary/aromatic N) is 3. The first-order valence-corrected chi connectivity index (χ1v) is 12.1. The average Bonchev–Trinajstić information content (AvgIpc) is 2.77. The van der Waals surface area contributed by atoms with Crippen molar-refractivity contribution >= 4 is 63.4 Å². The first kappa shape index (κ1) is 23.9. The Labute approximate surface area is 208 Å². The number of para-hydroxylation sites is 1. The Kier molecular flexibility index (Phi) is 7.47. The normalized spacial score (nSPS) is 18.2. The Morgan fingerprint density at radius 3 is 2.36 bits per heavy atom. The van der Waals surface area contributed by atoms with Gasteiger partial charge in [0.1, 0.15) is 5.82 Å². The maximum absolute atomic E-state index is 12.6. The molecule has 0 unspecified atom stereocenters. The van der Waals surface area contributed by atoms with Crippen molar-refractivity contribution in [1.29, 1.82) is 0 Å². The van der Waals surface area contributed by atoms with Crippen LogP contribution in [0.15, 0.2) is 36.4 Å². The van der Waals surface area contributed by atoms with Crippen LogP contribution >= 0.6 is 34.8 Å². The molecular formula is C24H26Cl3N5O. The summed E-state index contributed by atoms with van der Waals surface area (Å²) >= 11 is 18.3. The molecule has 0 spiro atoms. The molecule has 2 aromatic carbocycles. The summed E-state index contributed by atoms with van der Waals surface area (Å²) < 4.78 is 0. The van der Waals surface area contributed by atoms with Crippen molar-refractivity contribution in [2.45, 2.75) is 31.7 Å². The number of anilines is 2. The van der Waals surface area contributed by atoms with Gasteiger partial charge in [0.25, 0.3) is 5.91 Å². The second kappa shape index (κ2) is 10.3.